The van der Waals surface area contributed by atoms with Crippen molar-refractivity contribution in [1.29, 1.82) is 0 Å². The van der Waals surface area contributed by atoms with Gasteiger partial charge in [-0.1, -0.05) is 18.6 Å². The molecule has 2 aromatic carbocycles. The molecule has 1 N–H and O–H groups in total. The number of anilines is 1. The van der Waals surface area contributed by atoms with E-state index >= 15 is 0 Å². The predicted octanol–water partition coefficient (Wildman–Crippen LogP) is 3.87. The zero-order valence-electron chi connectivity index (χ0n) is 15.3. The molecule has 0 spiro atoms. The first-order chi connectivity index (χ1) is 13.7. The van der Waals surface area contributed by atoms with Gasteiger partial charge in [-0.3, -0.25) is 4.79 Å². The molecule has 0 atom stereocenters. The Morgan fingerprint density at radius 3 is 2.39 bits per heavy atom. The van der Waals surface area contributed by atoms with Crippen molar-refractivity contribution in [3.63, 3.8) is 0 Å². The lowest BCUT2D eigenvalue weighted by molar-refractivity contribution is -0.124. The largest absolute Gasteiger partial charge is 0.325 e. The van der Waals surface area contributed by atoms with Gasteiger partial charge in [0.05, 0.1) is 11.5 Å². The molecular formula is C21H20FN5O. The first-order valence-electron chi connectivity index (χ1n) is 9.61. The smallest absolute Gasteiger partial charge is 0.235 e. The Labute approximate surface area is 161 Å². The van der Waals surface area contributed by atoms with E-state index in [1.165, 1.54) is 12.1 Å². The van der Waals surface area contributed by atoms with Crippen LogP contribution in [0.15, 0.2) is 48.5 Å². The molecule has 1 amide bonds. The summed E-state index contributed by atoms with van der Waals surface area (Å²) in [6.45, 7) is 0. The van der Waals surface area contributed by atoms with Crippen LogP contribution in [0.3, 0.4) is 0 Å². The summed E-state index contributed by atoms with van der Waals surface area (Å²) < 4.78 is 15.1. The van der Waals surface area contributed by atoms with Crippen LogP contribution in [0, 0.1) is 5.82 Å². The average Bonchev–Trinajstić information content (AvgIpc) is 3.40. The molecule has 3 aromatic rings. The maximum absolute atomic E-state index is 13.3. The van der Waals surface area contributed by atoms with Gasteiger partial charge in [-0.2, -0.15) is 0 Å². The minimum atomic E-state index is -0.567. The third kappa shape index (κ3) is 2.87. The van der Waals surface area contributed by atoms with E-state index in [4.69, 9.17) is 0 Å². The van der Waals surface area contributed by atoms with Crippen molar-refractivity contribution in [2.45, 2.75) is 43.6 Å². The number of nitrogens with one attached hydrogen (secondary N) is 1. The van der Waals surface area contributed by atoms with E-state index in [0.29, 0.717) is 6.04 Å². The fraction of sp³-hybridized carbons (Fsp3) is 0.333. The first-order valence-corrected chi connectivity index (χ1v) is 9.61. The van der Waals surface area contributed by atoms with Crippen molar-refractivity contribution in [3.8, 4) is 11.4 Å². The normalized spacial score (nSPS) is 17.8. The maximum Gasteiger partial charge on any atom is 0.235 e. The number of carbonyl (C=O) groups is 1. The van der Waals surface area contributed by atoms with Crippen LogP contribution in [0.2, 0.25) is 0 Å². The quantitative estimate of drug-likeness (QED) is 0.732. The zero-order valence-corrected chi connectivity index (χ0v) is 15.3. The Hall–Kier alpha value is -3.09. The molecule has 7 heteroatoms. The summed E-state index contributed by atoms with van der Waals surface area (Å²) in [5, 5.41) is 15.0. The molecule has 5 rings (SSSR count). The summed E-state index contributed by atoms with van der Waals surface area (Å²) in [4.78, 5) is 13.0. The second-order valence-electron chi connectivity index (χ2n) is 7.65. The number of amides is 1. The topological polar surface area (TPSA) is 72.7 Å². The Kier molecular flexibility index (Phi) is 3.96. The molecule has 0 aliphatic heterocycles. The van der Waals surface area contributed by atoms with Crippen LogP contribution in [0.5, 0.6) is 0 Å². The van der Waals surface area contributed by atoms with Gasteiger partial charge in [-0.15, -0.1) is 5.10 Å². The fourth-order valence-corrected chi connectivity index (χ4v) is 3.85. The van der Waals surface area contributed by atoms with Gasteiger partial charge in [0.15, 0.2) is 5.82 Å². The second-order valence-corrected chi connectivity index (χ2v) is 7.65. The number of nitrogens with zero attached hydrogens (tertiary/aromatic N) is 4. The van der Waals surface area contributed by atoms with Gasteiger partial charge in [0.25, 0.3) is 0 Å². The summed E-state index contributed by atoms with van der Waals surface area (Å²) in [5.74, 6) is 0.422. The van der Waals surface area contributed by atoms with Gasteiger partial charge in [0.1, 0.15) is 5.82 Å². The first kappa shape index (κ1) is 17.0. The number of hydrogen-bond donors (Lipinski definition) is 1. The average molecular weight is 377 g/mol. The summed E-state index contributed by atoms with van der Waals surface area (Å²) in [7, 11) is 0. The van der Waals surface area contributed by atoms with Crippen molar-refractivity contribution in [1.82, 2.24) is 20.2 Å². The molecule has 0 saturated heterocycles. The lowest BCUT2D eigenvalue weighted by atomic mass is 9.64. The molecule has 0 radical (unpaired) electrons. The number of rotatable bonds is 5. The Bertz CT molecular complexity index is 1000. The molecule has 28 heavy (non-hydrogen) atoms. The van der Waals surface area contributed by atoms with E-state index in [9.17, 15) is 9.18 Å². The zero-order chi connectivity index (χ0) is 19.1. The number of hydrogen-bond acceptors (Lipinski definition) is 4. The molecule has 142 valence electrons. The minimum Gasteiger partial charge on any atom is -0.325 e. The second kappa shape index (κ2) is 6.51. The molecule has 1 heterocycles. The third-order valence-electron chi connectivity index (χ3n) is 5.83. The van der Waals surface area contributed by atoms with Crippen molar-refractivity contribution in [2.75, 3.05) is 5.32 Å². The van der Waals surface area contributed by atoms with E-state index in [0.717, 1.165) is 54.7 Å². The van der Waals surface area contributed by atoms with Crippen LogP contribution in [0.4, 0.5) is 10.1 Å². The number of tetrazole rings is 1. The molecule has 2 fully saturated rings. The number of carbonyl (C=O) groups excluding carboxylic acids is 1. The summed E-state index contributed by atoms with van der Waals surface area (Å²) in [6, 6.07) is 14.3. The van der Waals surface area contributed by atoms with Gasteiger partial charge in [0, 0.05) is 11.3 Å². The van der Waals surface area contributed by atoms with E-state index in [-0.39, 0.29) is 11.7 Å². The van der Waals surface area contributed by atoms with Gasteiger partial charge in [-0.05, 0) is 78.1 Å². The van der Waals surface area contributed by atoms with E-state index in [1.807, 2.05) is 28.9 Å². The van der Waals surface area contributed by atoms with E-state index in [2.05, 4.69) is 20.8 Å². The van der Waals surface area contributed by atoms with Gasteiger partial charge in [-0.25, -0.2) is 9.07 Å². The summed E-state index contributed by atoms with van der Waals surface area (Å²) >= 11 is 0. The van der Waals surface area contributed by atoms with Crippen LogP contribution in [0.25, 0.3) is 11.4 Å². The Balaban J connectivity index is 1.35. The number of halogens is 1. The van der Waals surface area contributed by atoms with Crippen molar-refractivity contribution in [2.24, 2.45) is 0 Å². The van der Waals surface area contributed by atoms with Crippen molar-refractivity contribution in [3.05, 3.63) is 59.9 Å². The third-order valence-corrected chi connectivity index (χ3v) is 5.83. The highest BCUT2D eigenvalue weighted by Gasteiger charge is 2.45. The lowest BCUT2D eigenvalue weighted by Crippen LogP contribution is -2.46. The molecule has 2 saturated carbocycles. The summed E-state index contributed by atoms with van der Waals surface area (Å²) in [5.41, 5.74) is 1.96. The van der Waals surface area contributed by atoms with Crippen LogP contribution in [0.1, 0.15) is 43.7 Å². The molecule has 2 aliphatic rings. The molecule has 0 bridgehead atoms. The fourth-order valence-electron chi connectivity index (χ4n) is 3.85. The molecule has 1 aromatic heterocycles. The minimum absolute atomic E-state index is 0.0408. The molecule has 2 aliphatic carbocycles. The molecule has 0 unspecified atom stereocenters. The van der Waals surface area contributed by atoms with Crippen LogP contribution >= 0.6 is 0 Å². The van der Waals surface area contributed by atoms with Crippen molar-refractivity contribution >= 4 is 11.6 Å². The SMILES string of the molecule is O=C(Nc1ccc(-c2nnnn2C2CC2)cc1)C1(c2ccc(F)cc2)CCC1. The standard InChI is InChI=1S/C21H20FN5O/c22-16-6-4-15(5-7-16)21(12-1-13-21)20(28)23-17-8-2-14(3-9-17)19-24-25-26-27(19)18-10-11-18/h2-9,18H,1,10-13H2,(H,23,28). The highest BCUT2D eigenvalue weighted by Crippen LogP contribution is 2.44. The van der Waals surface area contributed by atoms with Crippen LogP contribution in [-0.2, 0) is 10.2 Å². The predicted molar refractivity (Wildman–Crippen MR) is 102 cm³/mol. The number of aromatic nitrogens is 4. The van der Waals surface area contributed by atoms with E-state index < -0.39 is 5.41 Å². The monoisotopic (exact) mass is 377 g/mol. The highest BCUT2D eigenvalue weighted by molar-refractivity contribution is 6.00. The Morgan fingerprint density at radius 2 is 1.79 bits per heavy atom. The van der Waals surface area contributed by atoms with Crippen LogP contribution in [-0.4, -0.2) is 26.1 Å². The maximum atomic E-state index is 13.3. The Morgan fingerprint density at radius 1 is 1.07 bits per heavy atom. The van der Waals surface area contributed by atoms with Gasteiger partial charge < -0.3 is 5.32 Å². The molecular weight excluding hydrogens is 357 g/mol. The van der Waals surface area contributed by atoms with Crippen molar-refractivity contribution < 1.29 is 9.18 Å². The molecule has 6 nitrogen and oxygen atoms in total. The van der Waals surface area contributed by atoms with Gasteiger partial charge >= 0.3 is 0 Å². The summed E-state index contributed by atoms with van der Waals surface area (Å²) in [6.07, 6.45) is 4.76. The van der Waals surface area contributed by atoms with Crippen LogP contribution < -0.4 is 5.32 Å². The highest BCUT2D eigenvalue weighted by atomic mass is 19.1. The lowest BCUT2D eigenvalue weighted by Gasteiger charge is -2.40. The number of benzene rings is 2. The van der Waals surface area contributed by atoms with Gasteiger partial charge in [0.2, 0.25) is 5.91 Å². The van der Waals surface area contributed by atoms with E-state index in [1.54, 1.807) is 12.1 Å².